The van der Waals surface area contributed by atoms with E-state index in [0.29, 0.717) is 21.2 Å². The van der Waals surface area contributed by atoms with Gasteiger partial charge in [0, 0.05) is 27.0 Å². The Labute approximate surface area is 145 Å². The highest BCUT2D eigenvalue weighted by atomic mass is 79.9. The Balaban J connectivity index is 2.86. The minimum atomic E-state index is -3.57. The lowest BCUT2D eigenvalue weighted by molar-refractivity contribution is 0.462. The summed E-state index contributed by atoms with van der Waals surface area (Å²) in [6, 6.07) is 3.56. The van der Waals surface area contributed by atoms with Gasteiger partial charge in [0.25, 0.3) is 0 Å². The fourth-order valence-corrected chi connectivity index (χ4v) is 5.17. The molecule has 0 saturated carbocycles. The van der Waals surface area contributed by atoms with Crippen LogP contribution < -0.4 is 10.0 Å². The highest BCUT2D eigenvalue weighted by Gasteiger charge is 2.20. The molecule has 0 amide bonds. The van der Waals surface area contributed by atoms with E-state index in [9.17, 15) is 8.42 Å². The van der Waals surface area contributed by atoms with E-state index in [1.807, 2.05) is 7.05 Å². The van der Waals surface area contributed by atoms with Gasteiger partial charge in [0.2, 0.25) is 0 Å². The SMILES string of the molecule is CNCCCN(C)S(=O)(=O)Nc1c(Br)cc(Br)cc1Br. The average Bonchev–Trinajstić information content (AvgIpc) is 2.34. The van der Waals surface area contributed by atoms with Gasteiger partial charge in [0.05, 0.1) is 5.69 Å². The fraction of sp³-hybridized carbons (Fsp3) is 0.455. The number of nitrogens with one attached hydrogen (secondary N) is 2. The zero-order valence-electron chi connectivity index (χ0n) is 11.1. The minimum Gasteiger partial charge on any atom is -0.320 e. The maximum Gasteiger partial charge on any atom is 0.301 e. The van der Waals surface area contributed by atoms with Crippen LogP contribution in [0, 0.1) is 0 Å². The fourth-order valence-electron chi connectivity index (χ4n) is 1.45. The summed E-state index contributed by atoms with van der Waals surface area (Å²) in [4.78, 5) is 0. The molecule has 114 valence electrons. The average molecular weight is 494 g/mol. The lowest BCUT2D eigenvalue weighted by Gasteiger charge is -2.19. The van der Waals surface area contributed by atoms with Gasteiger partial charge in [-0.1, -0.05) is 15.9 Å². The zero-order chi connectivity index (χ0) is 15.3. The quantitative estimate of drug-likeness (QED) is 0.573. The van der Waals surface area contributed by atoms with Gasteiger partial charge in [-0.05, 0) is 64.0 Å². The van der Waals surface area contributed by atoms with Crippen LogP contribution in [-0.2, 0) is 10.2 Å². The molecule has 0 aliphatic rings. The maximum absolute atomic E-state index is 12.2. The summed E-state index contributed by atoms with van der Waals surface area (Å²) >= 11 is 10.0. The second-order valence-electron chi connectivity index (χ2n) is 4.13. The van der Waals surface area contributed by atoms with Crippen molar-refractivity contribution in [1.29, 1.82) is 0 Å². The highest BCUT2D eigenvalue weighted by Crippen LogP contribution is 2.35. The molecule has 0 aromatic heterocycles. The van der Waals surface area contributed by atoms with Crippen LogP contribution in [0.25, 0.3) is 0 Å². The van der Waals surface area contributed by atoms with E-state index in [-0.39, 0.29) is 0 Å². The van der Waals surface area contributed by atoms with E-state index >= 15 is 0 Å². The number of benzene rings is 1. The van der Waals surface area contributed by atoms with Crippen molar-refractivity contribution in [2.75, 3.05) is 31.9 Å². The summed E-state index contributed by atoms with van der Waals surface area (Å²) in [6.45, 7) is 1.22. The van der Waals surface area contributed by atoms with Crippen LogP contribution in [0.3, 0.4) is 0 Å². The molecule has 0 bridgehead atoms. The molecular formula is C11H16Br3N3O2S. The normalized spacial score (nSPS) is 11.9. The number of hydrogen-bond donors (Lipinski definition) is 2. The van der Waals surface area contributed by atoms with E-state index in [4.69, 9.17) is 0 Å². The molecule has 20 heavy (non-hydrogen) atoms. The van der Waals surface area contributed by atoms with Crippen LogP contribution in [0.15, 0.2) is 25.6 Å². The minimum absolute atomic E-state index is 0.446. The second kappa shape index (κ2) is 8.09. The van der Waals surface area contributed by atoms with Crippen LogP contribution in [0.2, 0.25) is 0 Å². The Morgan fingerprint density at radius 1 is 1.20 bits per heavy atom. The summed E-state index contributed by atoms with van der Waals surface area (Å²) in [5.41, 5.74) is 0.480. The number of nitrogens with zero attached hydrogens (tertiary/aromatic N) is 1. The monoisotopic (exact) mass is 491 g/mol. The zero-order valence-corrected chi connectivity index (χ0v) is 16.7. The first-order valence-corrected chi connectivity index (χ1v) is 9.63. The highest BCUT2D eigenvalue weighted by molar-refractivity contribution is 9.11. The van der Waals surface area contributed by atoms with Gasteiger partial charge in [-0.2, -0.15) is 12.7 Å². The molecule has 2 N–H and O–H groups in total. The van der Waals surface area contributed by atoms with Crippen LogP contribution in [0.4, 0.5) is 5.69 Å². The van der Waals surface area contributed by atoms with Crippen LogP contribution in [0.5, 0.6) is 0 Å². The van der Waals surface area contributed by atoms with E-state index in [1.165, 1.54) is 4.31 Å². The molecule has 0 aliphatic carbocycles. The summed E-state index contributed by atoms with van der Waals surface area (Å²) in [7, 11) is -0.181. The molecule has 1 aromatic carbocycles. The molecule has 0 spiro atoms. The van der Waals surface area contributed by atoms with E-state index in [0.717, 1.165) is 17.4 Å². The Hall–Kier alpha value is 0.330. The van der Waals surface area contributed by atoms with Crippen molar-refractivity contribution < 1.29 is 8.42 Å². The predicted molar refractivity (Wildman–Crippen MR) is 93.3 cm³/mol. The third-order valence-corrected chi connectivity index (χ3v) is 5.72. The Morgan fingerprint density at radius 2 is 1.75 bits per heavy atom. The smallest absolute Gasteiger partial charge is 0.301 e. The largest absolute Gasteiger partial charge is 0.320 e. The van der Waals surface area contributed by atoms with Gasteiger partial charge < -0.3 is 5.32 Å². The molecule has 0 aliphatic heterocycles. The lowest BCUT2D eigenvalue weighted by Crippen LogP contribution is -2.34. The Kier molecular flexibility index (Phi) is 7.44. The molecular weight excluding hydrogens is 478 g/mol. The topological polar surface area (TPSA) is 61.4 Å². The van der Waals surface area contributed by atoms with Gasteiger partial charge in [0.1, 0.15) is 0 Å². The Bertz CT molecular complexity index is 543. The molecule has 0 atom stereocenters. The van der Waals surface area contributed by atoms with Gasteiger partial charge in [-0.3, -0.25) is 4.72 Å². The van der Waals surface area contributed by atoms with Crippen molar-refractivity contribution in [3.05, 3.63) is 25.6 Å². The van der Waals surface area contributed by atoms with Gasteiger partial charge in [-0.15, -0.1) is 0 Å². The molecule has 0 saturated heterocycles. The summed E-state index contributed by atoms with van der Waals surface area (Å²) < 4.78 is 30.5. The maximum atomic E-state index is 12.2. The third kappa shape index (κ3) is 5.27. The van der Waals surface area contributed by atoms with Crippen LogP contribution >= 0.6 is 47.8 Å². The van der Waals surface area contributed by atoms with E-state index in [1.54, 1.807) is 19.2 Å². The van der Waals surface area contributed by atoms with Crippen molar-refractivity contribution in [3.8, 4) is 0 Å². The first-order valence-electron chi connectivity index (χ1n) is 5.81. The molecule has 1 aromatic rings. The Morgan fingerprint density at radius 3 is 2.25 bits per heavy atom. The summed E-state index contributed by atoms with van der Waals surface area (Å²) in [5.74, 6) is 0. The third-order valence-electron chi connectivity index (χ3n) is 2.55. The van der Waals surface area contributed by atoms with Crippen LogP contribution in [-0.4, -0.2) is 39.9 Å². The van der Waals surface area contributed by atoms with Crippen LogP contribution in [0.1, 0.15) is 6.42 Å². The number of anilines is 1. The first-order chi connectivity index (χ1) is 9.27. The molecule has 0 radical (unpaired) electrons. The molecule has 0 fully saturated rings. The van der Waals surface area contributed by atoms with Crippen molar-refractivity contribution in [2.45, 2.75) is 6.42 Å². The van der Waals surface area contributed by atoms with Crippen molar-refractivity contribution in [2.24, 2.45) is 0 Å². The standard InChI is InChI=1S/C11H16Br3N3O2S/c1-15-4-3-5-17(2)20(18,19)16-11-9(13)6-8(12)7-10(11)14/h6-7,15-16H,3-5H2,1-2H3. The number of hydrogen-bond acceptors (Lipinski definition) is 3. The van der Waals surface area contributed by atoms with Gasteiger partial charge in [0.15, 0.2) is 0 Å². The van der Waals surface area contributed by atoms with Crippen molar-refractivity contribution in [1.82, 2.24) is 9.62 Å². The molecule has 0 heterocycles. The summed E-state index contributed by atoms with van der Waals surface area (Å²) in [5, 5.41) is 2.99. The van der Waals surface area contributed by atoms with Crippen molar-refractivity contribution >= 4 is 63.7 Å². The second-order valence-corrected chi connectivity index (χ2v) is 8.53. The first kappa shape index (κ1) is 18.4. The number of rotatable bonds is 7. The van der Waals surface area contributed by atoms with E-state index in [2.05, 4.69) is 57.8 Å². The molecule has 9 heteroatoms. The summed E-state index contributed by atoms with van der Waals surface area (Å²) in [6.07, 6.45) is 0.747. The molecule has 5 nitrogen and oxygen atoms in total. The predicted octanol–water partition coefficient (Wildman–Crippen LogP) is 3.17. The van der Waals surface area contributed by atoms with Gasteiger partial charge >= 0.3 is 10.2 Å². The van der Waals surface area contributed by atoms with E-state index < -0.39 is 10.2 Å². The molecule has 1 rings (SSSR count). The molecule has 0 unspecified atom stereocenters. The number of halogens is 3. The lowest BCUT2D eigenvalue weighted by atomic mass is 10.3. The van der Waals surface area contributed by atoms with Crippen molar-refractivity contribution in [3.63, 3.8) is 0 Å². The van der Waals surface area contributed by atoms with Gasteiger partial charge in [-0.25, -0.2) is 0 Å².